The van der Waals surface area contributed by atoms with Gasteiger partial charge in [-0.3, -0.25) is 16.3 Å². The van der Waals surface area contributed by atoms with E-state index in [-0.39, 0.29) is 12.0 Å². The lowest BCUT2D eigenvalue weighted by Gasteiger charge is -2.30. The lowest BCUT2D eigenvalue weighted by Crippen LogP contribution is -2.34. The second-order valence-corrected chi connectivity index (χ2v) is 5.18. The number of hydrogen-bond donors (Lipinski definition) is 2. The number of hydrazine groups is 1. The Kier molecular flexibility index (Phi) is 3.55. The third-order valence-corrected chi connectivity index (χ3v) is 4.11. The fourth-order valence-corrected chi connectivity index (χ4v) is 3.15. The van der Waals surface area contributed by atoms with Gasteiger partial charge in [-0.1, -0.05) is 6.07 Å². The number of furan rings is 1. The molecule has 0 spiro atoms. The second-order valence-electron chi connectivity index (χ2n) is 4.84. The summed E-state index contributed by atoms with van der Waals surface area (Å²) in [5, 5.41) is 0.394. The van der Waals surface area contributed by atoms with Gasteiger partial charge in [0.1, 0.15) is 0 Å². The Labute approximate surface area is 116 Å². The molecule has 2 aromatic heterocycles. The zero-order valence-corrected chi connectivity index (χ0v) is 11.2. The summed E-state index contributed by atoms with van der Waals surface area (Å²) in [6.07, 6.45) is 6.68. The number of rotatable bonds is 3. The molecule has 3 rings (SSSR count). The Morgan fingerprint density at radius 1 is 1.47 bits per heavy atom. The Morgan fingerprint density at radius 3 is 3.11 bits per heavy atom. The SMILES string of the molecule is NNC(c1ccoc1Cl)C1CCCc2cccnc21. The van der Waals surface area contributed by atoms with E-state index in [1.54, 1.807) is 6.26 Å². The van der Waals surface area contributed by atoms with Gasteiger partial charge in [0.15, 0.2) is 5.22 Å². The van der Waals surface area contributed by atoms with Crippen molar-refractivity contribution in [3.05, 3.63) is 52.7 Å². The molecule has 1 aliphatic rings. The van der Waals surface area contributed by atoms with Gasteiger partial charge in [0, 0.05) is 23.4 Å². The van der Waals surface area contributed by atoms with E-state index in [0.717, 1.165) is 30.5 Å². The number of nitrogens with one attached hydrogen (secondary N) is 1. The molecule has 0 amide bonds. The molecule has 0 aliphatic heterocycles. The molecule has 1 aliphatic carbocycles. The van der Waals surface area contributed by atoms with Crippen LogP contribution in [0.3, 0.4) is 0 Å². The topological polar surface area (TPSA) is 64.1 Å². The van der Waals surface area contributed by atoms with Gasteiger partial charge in [-0.05, 0) is 48.6 Å². The summed E-state index contributed by atoms with van der Waals surface area (Å²) in [6, 6.07) is 5.92. The summed E-state index contributed by atoms with van der Waals surface area (Å²) >= 11 is 6.08. The molecule has 3 N–H and O–H groups in total. The maximum Gasteiger partial charge on any atom is 0.197 e. The van der Waals surface area contributed by atoms with Crippen LogP contribution in [0.25, 0.3) is 0 Å². The van der Waals surface area contributed by atoms with Crippen LogP contribution >= 0.6 is 11.6 Å². The molecule has 0 saturated heterocycles. The van der Waals surface area contributed by atoms with E-state index in [0.29, 0.717) is 5.22 Å². The van der Waals surface area contributed by atoms with Crippen LogP contribution < -0.4 is 11.3 Å². The van der Waals surface area contributed by atoms with Crippen molar-refractivity contribution >= 4 is 11.6 Å². The molecular formula is C14H16ClN3O. The highest BCUT2D eigenvalue weighted by Crippen LogP contribution is 2.40. The average molecular weight is 278 g/mol. The molecule has 0 aromatic carbocycles. The van der Waals surface area contributed by atoms with Gasteiger partial charge in [0.05, 0.1) is 12.3 Å². The van der Waals surface area contributed by atoms with E-state index in [1.165, 1.54) is 5.56 Å². The highest BCUT2D eigenvalue weighted by molar-refractivity contribution is 6.29. The average Bonchev–Trinajstić information content (AvgIpc) is 2.86. The number of nitrogens with zero attached hydrogens (tertiary/aromatic N) is 1. The van der Waals surface area contributed by atoms with Crippen molar-refractivity contribution in [3.8, 4) is 0 Å². The van der Waals surface area contributed by atoms with Gasteiger partial charge in [-0.2, -0.15) is 0 Å². The standard InChI is InChI=1S/C14H16ClN3O/c15-14-11(6-8-19-14)13(18-16)10-5-1-3-9-4-2-7-17-12(9)10/h2,4,6-8,10,13,18H,1,3,5,16H2. The normalized spacial score (nSPS) is 20.0. The fourth-order valence-electron chi connectivity index (χ4n) is 2.92. The van der Waals surface area contributed by atoms with E-state index >= 15 is 0 Å². The third kappa shape index (κ3) is 2.27. The minimum absolute atomic E-state index is 0.0693. The number of nitrogens with two attached hydrogens (primary N) is 1. The predicted octanol–water partition coefficient (Wildman–Crippen LogP) is 2.95. The van der Waals surface area contributed by atoms with Crippen LogP contribution in [0.4, 0.5) is 0 Å². The van der Waals surface area contributed by atoms with E-state index in [4.69, 9.17) is 21.9 Å². The van der Waals surface area contributed by atoms with Crippen molar-refractivity contribution in [3.63, 3.8) is 0 Å². The highest BCUT2D eigenvalue weighted by atomic mass is 35.5. The minimum atomic E-state index is -0.0693. The van der Waals surface area contributed by atoms with E-state index in [1.807, 2.05) is 18.3 Å². The van der Waals surface area contributed by atoms with Gasteiger partial charge < -0.3 is 4.42 Å². The molecule has 0 saturated carbocycles. The first-order valence-electron chi connectivity index (χ1n) is 6.44. The van der Waals surface area contributed by atoms with Gasteiger partial charge >= 0.3 is 0 Å². The summed E-state index contributed by atoms with van der Waals surface area (Å²) in [5.74, 6) is 5.97. The first-order chi connectivity index (χ1) is 9.31. The summed E-state index contributed by atoms with van der Waals surface area (Å²) < 4.78 is 5.18. The van der Waals surface area contributed by atoms with Crippen LogP contribution in [0, 0.1) is 0 Å². The largest absolute Gasteiger partial charge is 0.453 e. The van der Waals surface area contributed by atoms with Crippen molar-refractivity contribution in [2.75, 3.05) is 0 Å². The molecule has 100 valence electrons. The zero-order valence-electron chi connectivity index (χ0n) is 10.5. The summed E-state index contributed by atoms with van der Waals surface area (Å²) in [6.45, 7) is 0. The number of aromatic nitrogens is 1. The Morgan fingerprint density at radius 2 is 2.37 bits per heavy atom. The third-order valence-electron chi connectivity index (χ3n) is 3.80. The zero-order chi connectivity index (χ0) is 13.2. The molecular weight excluding hydrogens is 262 g/mol. The molecule has 2 unspecified atom stereocenters. The molecule has 2 heterocycles. The van der Waals surface area contributed by atoms with E-state index < -0.39 is 0 Å². The molecule has 2 aromatic rings. The summed E-state index contributed by atoms with van der Waals surface area (Å²) in [5.41, 5.74) is 6.19. The number of fused-ring (bicyclic) bond motifs is 1. The number of aryl methyl sites for hydroxylation is 1. The molecule has 0 radical (unpaired) electrons. The number of hydrogen-bond acceptors (Lipinski definition) is 4. The molecule has 4 nitrogen and oxygen atoms in total. The first-order valence-corrected chi connectivity index (χ1v) is 6.82. The van der Waals surface area contributed by atoms with Crippen molar-refractivity contribution in [2.45, 2.75) is 31.2 Å². The van der Waals surface area contributed by atoms with Crippen LogP contribution in [0.2, 0.25) is 5.22 Å². The molecule has 19 heavy (non-hydrogen) atoms. The van der Waals surface area contributed by atoms with Crippen LogP contribution in [-0.4, -0.2) is 4.98 Å². The minimum Gasteiger partial charge on any atom is -0.453 e. The monoisotopic (exact) mass is 277 g/mol. The lowest BCUT2D eigenvalue weighted by atomic mass is 9.80. The lowest BCUT2D eigenvalue weighted by molar-refractivity contribution is 0.397. The maximum absolute atomic E-state index is 6.08. The van der Waals surface area contributed by atoms with Crippen LogP contribution in [0.5, 0.6) is 0 Å². The van der Waals surface area contributed by atoms with Gasteiger partial charge in [-0.15, -0.1) is 0 Å². The Bertz CT molecular complexity index is 569. The first kappa shape index (κ1) is 12.7. The van der Waals surface area contributed by atoms with Crippen LogP contribution in [0.1, 0.15) is 41.6 Å². The Hall–Kier alpha value is -1.36. The fraction of sp³-hybridized carbons (Fsp3) is 0.357. The van der Waals surface area contributed by atoms with Crippen molar-refractivity contribution in [1.29, 1.82) is 0 Å². The Balaban J connectivity index is 2.00. The molecule has 2 atom stereocenters. The van der Waals surface area contributed by atoms with Crippen molar-refractivity contribution < 1.29 is 4.42 Å². The predicted molar refractivity (Wildman–Crippen MR) is 73.7 cm³/mol. The van der Waals surface area contributed by atoms with Gasteiger partial charge in [-0.25, -0.2) is 0 Å². The summed E-state index contributed by atoms with van der Waals surface area (Å²) in [7, 11) is 0. The van der Waals surface area contributed by atoms with Crippen molar-refractivity contribution in [1.82, 2.24) is 10.4 Å². The van der Waals surface area contributed by atoms with Crippen LogP contribution in [0.15, 0.2) is 35.1 Å². The van der Waals surface area contributed by atoms with Gasteiger partial charge in [0.2, 0.25) is 0 Å². The molecule has 0 bridgehead atoms. The molecule has 0 fully saturated rings. The summed E-state index contributed by atoms with van der Waals surface area (Å²) in [4.78, 5) is 4.54. The quantitative estimate of drug-likeness (QED) is 0.669. The second kappa shape index (κ2) is 5.33. The molecule has 5 heteroatoms. The van der Waals surface area contributed by atoms with Crippen molar-refractivity contribution in [2.24, 2.45) is 5.84 Å². The maximum atomic E-state index is 6.08. The number of halogens is 1. The van der Waals surface area contributed by atoms with E-state index in [2.05, 4.69) is 16.5 Å². The number of pyridine rings is 1. The smallest absolute Gasteiger partial charge is 0.197 e. The van der Waals surface area contributed by atoms with Gasteiger partial charge in [0.25, 0.3) is 0 Å². The van der Waals surface area contributed by atoms with E-state index in [9.17, 15) is 0 Å². The highest BCUT2D eigenvalue weighted by Gasteiger charge is 2.31. The van der Waals surface area contributed by atoms with Crippen LogP contribution in [-0.2, 0) is 6.42 Å².